The smallest absolute Gasteiger partial charge is 0.323 e. The van der Waals surface area contributed by atoms with E-state index in [0.717, 1.165) is 11.5 Å². The van der Waals surface area contributed by atoms with Crippen LogP contribution in [0.25, 0.3) is 0 Å². The van der Waals surface area contributed by atoms with Gasteiger partial charge in [-0.25, -0.2) is 4.79 Å². The molecule has 2 N–H and O–H groups in total. The van der Waals surface area contributed by atoms with E-state index in [1.54, 1.807) is 4.90 Å². The highest BCUT2D eigenvalue weighted by Crippen LogP contribution is 2.15. The van der Waals surface area contributed by atoms with Crippen LogP contribution in [0.5, 0.6) is 0 Å². The number of rotatable bonds is 5. The number of anilines is 1. The minimum atomic E-state index is -0.868. The van der Waals surface area contributed by atoms with Crippen LogP contribution in [-0.4, -0.2) is 62.6 Å². The summed E-state index contributed by atoms with van der Waals surface area (Å²) in [7, 11) is 0. The van der Waals surface area contributed by atoms with Crippen LogP contribution in [0.15, 0.2) is 0 Å². The van der Waals surface area contributed by atoms with Crippen LogP contribution >= 0.6 is 11.5 Å². The summed E-state index contributed by atoms with van der Waals surface area (Å²) in [6.45, 7) is 1.34. The minimum absolute atomic E-state index is 0.00471. The number of hydrogen-bond acceptors (Lipinski definition) is 7. The first-order chi connectivity index (χ1) is 9.65. The number of piperidine rings is 1. The molecule has 2 heterocycles. The monoisotopic (exact) mass is 301 g/mol. The molecule has 0 bridgehead atoms. The number of aromatic nitrogens is 3. The number of carbonyl (C=O) groups excluding carboxylic acids is 1. The molecule has 1 aliphatic rings. The average Bonchev–Trinajstić information content (AvgIpc) is 2.92. The number of ether oxygens (including phenoxy) is 1. The molecular weight excluding hydrogens is 286 g/mol. The number of carboxylic acid groups (broad SMARTS) is 1. The number of likely N-dealkylation sites (tertiary alicyclic amines) is 1. The zero-order chi connectivity index (χ0) is 14.4. The fourth-order valence-corrected chi connectivity index (χ4v) is 2.25. The number of hydrogen-bond donors (Lipinski definition) is 2. The third-order valence-corrected chi connectivity index (χ3v) is 3.42. The molecule has 1 aromatic rings. The van der Waals surface area contributed by atoms with Crippen molar-refractivity contribution >= 4 is 28.7 Å². The molecule has 10 heteroatoms. The molecule has 0 aromatic carbocycles. The zero-order valence-corrected chi connectivity index (χ0v) is 11.5. The van der Waals surface area contributed by atoms with Gasteiger partial charge in [-0.2, -0.15) is 0 Å². The van der Waals surface area contributed by atoms with Gasteiger partial charge in [0.1, 0.15) is 0 Å². The molecular formula is C10H15N5O4S. The summed E-state index contributed by atoms with van der Waals surface area (Å²) in [4.78, 5) is 23.9. The number of carbonyl (C=O) groups is 2. The van der Waals surface area contributed by atoms with Crippen LogP contribution in [-0.2, 0) is 9.53 Å². The fourth-order valence-electron chi connectivity index (χ4n) is 1.89. The van der Waals surface area contributed by atoms with Gasteiger partial charge in [0.15, 0.2) is 0 Å². The number of urea groups is 1. The lowest BCUT2D eigenvalue weighted by Gasteiger charge is -2.31. The highest BCUT2D eigenvalue weighted by Gasteiger charge is 2.23. The van der Waals surface area contributed by atoms with Gasteiger partial charge in [0.2, 0.25) is 5.13 Å². The topological polar surface area (TPSA) is 118 Å². The summed E-state index contributed by atoms with van der Waals surface area (Å²) in [6, 6.07) is -0.229. The number of amides is 2. The SMILES string of the molecule is O=C(O)CCOC1CCN(C(=O)Nc2nnns2)CC1. The molecule has 2 rings (SSSR count). The Morgan fingerprint density at radius 2 is 2.20 bits per heavy atom. The van der Waals surface area contributed by atoms with E-state index in [1.165, 1.54) is 0 Å². The normalized spacial score (nSPS) is 16.1. The first-order valence-electron chi connectivity index (χ1n) is 6.19. The van der Waals surface area contributed by atoms with E-state index in [1.807, 2.05) is 0 Å². The number of nitrogens with zero attached hydrogens (tertiary/aromatic N) is 4. The second-order valence-corrected chi connectivity index (χ2v) is 5.03. The maximum absolute atomic E-state index is 11.9. The van der Waals surface area contributed by atoms with Gasteiger partial charge in [0, 0.05) is 24.6 Å². The van der Waals surface area contributed by atoms with Crippen LogP contribution in [0.2, 0.25) is 0 Å². The molecule has 1 saturated heterocycles. The Kier molecular flexibility index (Phi) is 5.18. The second kappa shape index (κ2) is 7.10. The molecule has 110 valence electrons. The molecule has 0 atom stereocenters. The van der Waals surface area contributed by atoms with Crippen molar-refractivity contribution in [2.24, 2.45) is 0 Å². The van der Waals surface area contributed by atoms with E-state index in [9.17, 15) is 9.59 Å². The van der Waals surface area contributed by atoms with Crippen molar-refractivity contribution in [3.63, 3.8) is 0 Å². The van der Waals surface area contributed by atoms with Crippen molar-refractivity contribution in [3.05, 3.63) is 0 Å². The standard InChI is InChI=1S/C10H15N5O4S/c16-8(17)3-6-19-7-1-4-15(5-2-7)10(18)11-9-12-13-14-20-9/h7H,1-6H2,(H,16,17)(H,11,12,14,18). The fraction of sp³-hybridized carbons (Fsp3) is 0.700. The Bertz CT molecular complexity index is 447. The van der Waals surface area contributed by atoms with E-state index in [4.69, 9.17) is 9.84 Å². The van der Waals surface area contributed by atoms with Crippen LogP contribution in [0.4, 0.5) is 9.93 Å². The van der Waals surface area contributed by atoms with Gasteiger partial charge < -0.3 is 14.7 Å². The zero-order valence-electron chi connectivity index (χ0n) is 10.7. The highest BCUT2D eigenvalue weighted by atomic mass is 32.1. The summed E-state index contributed by atoms with van der Waals surface area (Å²) < 4.78 is 9.02. The van der Waals surface area contributed by atoms with Gasteiger partial charge in [0.25, 0.3) is 0 Å². The van der Waals surface area contributed by atoms with Crippen molar-refractivity contribution < 1.29 is 19.4 Å². The summed E-state index contributed by atoms with van der Waals surface area (Å²) in [6.07, 6.45) is 1.41. The van der Waals surface area contributed by atoms with E-state index in [2.05, 4.69) is 20.1 Å². The lowest BCUT2D eigenvalue weighted by molar-refractivity contribution is -0.138. The van der Waals surface area contributed by atoms with Crippen LogP contribution in [0.1, 0.15) is 19.3 Å². The number of carboxylic acids is 1. The third kappa shape index (κ3) is 4.38. The molecule has 2 amide bonds. The van der Waals surface area contributed by atoms with Crippen molar-refractivity contribution in [2.45, 2.75) is 25.4 Å². The molecule has 1 aromatic heterocycles. The second-order valence-electron chi connectivity index (χ2n) is 4.30. The molecule has 0 saturated carbocycles. The van der Waals surface area contributed by atoms with Gasteiger partial charge in [-0.1, -0.05) is 9.59 Å². The van der Waals surface area contributed by atoms with Crippen molar-refractivity contribution in [3.8, 4) is 0 Å². The maximum atomic E-state index is 11.9. The lowest BCUT2D eigenvalue weighted by Crippen LogP contribution is -2.43. The molecule has 20 heavy (non-hydrogen) atoms. The molecule has 1 aliphatic heterocycles. The Morgan fingerprint density at radius 1 is 1.45 bits per heavy atom. The highest BCUT2D eigenvalue weighted by molar-refractivity contribution is 7.09. The van der Waals surface area contributed by atoms with Gasteiger partial charge in [-0.3, -0.25) is 10.1 Å². The molecule has 1 fully saturated rings. The van der Waals surface area contributed by atoms with E-state index in [-0.39, 0.29) is 25.2 Å². The lowest BCUT2D eigenvalue weighted by atomic mass is 10.1. The molecule has 0 aliphatic carbocycles. The van der Waals surface area contributed by atoms with Crippen LogP contribution in [0, 0.1) is 0 Å². The van der Waals surface area contributed by atoms with Crippen molar-refractivity contribution in [1.29, 1.82) is 0 Å². The van der Waals surface area contributed by atoms with Gasteiger partial charge in [0.05, 0.1) is 19.1 Å². The molecule has 9 nitrogen and oxygen atoms in total. The van der Waals surface area contributed by atoms with E-state index < -0.39 is 5.97 Å². The van der Waals surface area contributed by atoms with Crippen LogP contribution < -0.4 is 5.32 Å². The van der Waals surface area contributed by atoms with E-state index in [0.29, 0.717) is 31.1 Å². The Morgan fingerprint density at radius 3 is 2.80 bits per heavy atom. The minimum Gasteiger partial charge on any atom is -0.481 e. The molecule has 0 spiro atoms. The van der Waals surface area contributed by atoms with Crippen molar-refractivity contribution in [2.75, 3.05) is 25.0 Å². The molecule has 0 unspecified atom stereocenters. The Hall–Kier alpha value is -1.81. The average molecular weight is 301 g/mol. The Balaban J connectivity index is 1.68. The Labute approximate surface area is 119 Å². The van der Waals surface area contributed by atoms with Gasteiger partial charge >= 0.3 is 12.0 Å². The first-order valence-corrected chi connectivity index (χ1v) is 6.97. The molecule has 0 radical (unpaired) electrons. The van der Waals surface area contributed by atoms with Gasteiger partial charge in [-0.15, -0.1) is 0 Å². The van der Waals surface area contributed by atoms with Crippen LogP contribution in [0.3, 0.4) is 0 Å². The third-order valence-electron chi connectivity index (χ3n) is 2.91. The first kappa shape index (κ1) is 14.6. The number of aliphatic carboxylic acids is 1. The predicted molar refractivity (Wildman–Crippen MR) is 69.5 cm³/mol. The van der Waals surface area contributed by atoms with Crippen molar-refractivity contribution in [1.82, 2.24) is 19.7 Å². The summed E-state index contributed by atoms with van der Waals surface area (Å²) in [5.74, 6) is -0.868. The maximum Gasteiger partial charge on any atom is 0.323 e. The summed E-state index contributed by atoms with van der Waals surface area (Å²) >= 11 is 1.02. The van der Waals surface area contributed by atoms with Gasteiger partial charge in [-0.05, 0) is 18.1 Å². The quantitative estimate of drug-likeness (QED) is 0.809. The summed E-state index contributed by atoms with van der Waals surface area (Å²) in [5.41, 5.74) is 0. The predicted octanol–water partition coefficient (Wildman–Crippen LogP) is 0.421. The largest absolute Gasteiger partial charge is 0.481 e. The van der Waals surface area contributed by atoms with E-state index >= 15 is 0 Å². The number of nitrogens with one attached hydrogen (secondary N) is 1. The summed E-state index contributed by atoms with van der Waals surface area (Å²) in [5, 5.41) is 18.5.